The molecule has 0 amide bonds. The highest BCUT2D eigenvalue weighted by molar-refractivity contribution is 7.98. The van der Waals surface area contributed by atoms with Crippen LogP contribution in [0, 0.1) is 17.9 Å². The zero-order valence-corrected chi connectivity index (χ0v) is 23.2. The lowest BCUT2D eigenvalue weighted by Crippen LogP contribution is -2.05. The minimum absolute atomic E-state index is 0.0107. The molecule has 0 atom stereocenters. The fourth-order valence-electron chi connectivity index (χ4n) is 3.45. The van der Waals surface area contributed by atoms with E-state index in [0.29, 0.717) is 32.7 Å². The molecule has 2 aromatic heterocycles. The highest BCUT2D eigenvalue weighted by atomic mass is 35.5. The van der Waals surface area contributed by atoms with Crippen molar-refractivity contribution in [2.24, 2.45) is 0 Å². The Bertz CT molecular complexity index is 1610. The van der Waals surface area contributed by atoms with E-state index in [1.807, 2.05) is 17.5 Å². The number of hydrogen-bond donors (Lipinski definition) is 3. The van der Waals surface area contributed by atoms with Gasteiger partial charge in [0.2, 0.25) is 5.69 Å². The summed E-state index contributed by atoms with van der Waals surface area (Å²) >= 11 is 8.77. The Labute approximate surface area is 237 Å². The van der Waals surface area contributed by atoms with Gasteiger partial charge >= 0.3 is 7.82 Å². The summed E-state index contributed by atoms with van der Waals surface area (Å²) in [6, 6.07) is 16.1. The standard InChI is InChI=1S/C25H19ClN5O5PS2/c1-29-22-21(15-4-8-19(9-5-15)35-10-11-36-37(32,33)34)20(12-27)25(31-23(22)28)39-14-18-13-38-24(30-18)16-2-6-17(26)7-3-16/h2-9,13H,10-11,14H2,(H2,28,31)(H2,32,33,34). The molecule has 2 heterocycles. The van der Waals surface area contributed by atoms with Crippen molar-refractivity contribution in [3.63, 3.8) is 0 Å². The molecule has 4 aromatic rings. The summed E-state index contributed by atoms with van der Waals surface area (Å²) in [5.41, 5.74) is 9.09. The van der Waals surface area contributed by atoms with Gasteiger partial charge in [-0.2, -0.15) is 5.26 Å². The fraction of sp³-hybridized carbons (Fsp3) is 0.120. The van der Waals surface area contributed by atoms with Crippen LogP contribution in [0.5, 0.6) is 5.75 Å². The molecule has 0 aliphatic heterocycles. The summed E-state index contributed by atoms with van der Waals surface area (Å²) in [4.78, 5) is 30.0. The normalized spacial score (nSPS) is 11.1. The van der Waals surface area contributed by atoms with Crippen LogP contribution < -0.4 is 10.5 Å². The summed E-state index contributed by atoms with van der Waals surface area (Å²) in [5, 5.41) is 13.8. The summed E-state index contributed by atoms with van der Waals surface area (Å²) in [6.45, 7) is 7.25. The number of rotatable bonds is 10. The number of nitrogens with zero attached hydrogens (tertiary/aromatic N) is 4. The molecule has 198 valence electrons. The number of ether oxygens (including phenoxy) is 1. The minimum atomic E-state index is -4.57. The van der Waals surface area contributed by atoms with Crippen molar-refractivity contribution >= 4 is 54.0 Å². The molecule has 0 bridgehead atoms. The van der Waals surface area contributed by atoms with Crippen molar-refractivity contribution in [1.82, 2.24) is 9.97 Å². The third kappa shape index (κ3) is 7.35. The number of phosphoric acid groups is 1. The topological polar surface area (TPSA) is 156 Å². The molecule has 0 radical (unpaired) electrons. The average molecular weight is 600 g/mol. The lowest BCUT2D eigenvalue weighted by Gasteiger charge is -2.14. The largest absolute Gasteiger partial charge is 0.491 e. The van der Waals surface area contributed by atoms with Crippen molar-refractivity contribution in [2.45, 2.75) is 10.8 Å². The summed E-state index contributed by atoms with van der Waals surface area (Å²) in [5.74, 6) is 0.856. The number of nitrogens with two attached hydrogens (primary N) is 1. The van der Waals surface area contributed by atoms with Crippen molar-refractivity contribution in [3.05, 3.63) is 81.6 Å². The number of pyridine rings is 1. The number of aromatic nitrogens is 2. The Morgan fingerprint density at radius 1 is 1.13 bits per heavy atom. The number of anilines is 1. The van der Waals surface area contributed by atoms with Gasteiger partial charge in [0, 0.05) is 27.3 Å². The molecular formula is C25H19ClN5O5PS2. The molecule has 4 N–H and O–H groups in total. The van der Waals surface area contributed by atoms with E-state index >= 15 is 0 Å². The third-order valence-corrected chi connectivity index (χ3v) is 7.86. The van der Waals surface area contributed by atoms with Crippen LogP contribution in [0.3, 0.4) is 0 Å². The Hall–Kier alpha value is -3.45. The minimum Gasteiger partial charge on any atom is -0.491 e. The number of halogens is 1. The second-order valence-electron chi connectivity index (χ2n) is 7.76. The predicted molar refractivity (Wildman–Crippen MR) is 151 cm³/mol. The van der Waals surface area contributed by atoms with Crippen LogP contribution in [-0.4, -0.2) is 33.0 Å². The van der Waals surface area contributed by atoms with Gasteiger partial charge in [0.05, 0.1) is 24.4 Å². The van der Waals surface area contributed by atoms with E-state index in [-0.39, 0.29) is 30.3 Å². The van der Waals surface area contributed by atoms with Crippen molar-refractivity contribution in [2.75, 3.05) is 18.9 Å². The van der Waals surface area contributed by atoms with Gasteiger partial charge in [-0.25, -0.2) is 19.4 Å². The van der Waals surface area contributed by atoms with Gasteiger partial charge in [0.25, 0.3) is 0 Å². The zero-order valence-electron chi connectivity index (χ0n) is 19.9. The van der Waals surface area contributed by atoms with Crippen LogP contribution in [0.4, 0.5) is 11.5 Å². The maximum atomic E-state index is 10.8. The molecule has 0 aliphatic rings. The van der Waals surface area contributed by atoms with Crippen LogP contribution in [0.25, 0.3) is 26.5 Å². The van der Waals surface area contributed by atoms with Crippen LogP contribution >= 0.6 is 42.5 Å². The first kappa shape index (κ1) is 28.6. The van der Waals surface area contributed by atoms with Gasteiger partial charge in [0.1, 0.15) is 34.3 Å². The van der Waals surface area contributed by atoms with Gasteiger partial charge in [0.15, 0.2) is 0 Å². The highest BCUT2D eigenvalue weighted by Gasteiger charge is 2.21. The molecular weight excluding hydrogens is 581 g/mol. The van der Waals surface area contributed by atoms with Gasteiger partial charge in [-0.3, -0.25) is 4.52 Å². The van der Waals surface area contributed by atoms with E-state index in [0.717, 1.165) is 16.3 Å². The number of benzene rings is 2. The number of hydrogen-bond acceptors (Lipinski definition) is 9. The zero-order chi connectivity index (χ0) is 28.0. The average Bonchev–Trinajstić information content (AvgIpc) is 3.39. The first-order chi connectivity index (χ1) is 18.7. The maximum absolute atomic E-state index is 10.8. The molecule has 14 heteroatoms. The molecule has 4 rings (SSSR count). The van der Waals surface area contributed by atoms with Crippen LogP contribution in [0.1, 0.15) is 11.3 Å². The van der Waals surface area contributed by atoms with Crippen molar-refractivity contribution < 1.29 is 23.6 Å². The monoisotopic (exact) mass is 599 g/mol. The third-order valence-electron chi connectivity index (χ3n) is 5.14. The van der Waals surface area contributed by atoms with Gasteiger partial charge in [-0.1, -0.05) is 47.6 Å². The first-order valence-corrected chi connectivity index (χ1v) is 14.8. The van der Waals surface area contributed by atoms with E-state index in [9.17, 15) is 9.83 Å². The van der Waals surface area contributed by atoms with Gasteiger partial charge in [-0.05, 0) is 29.8 Å². The smallest absolute Gasteiger partial charge is 0.469 e. The number of thioether (sulfide) groups is 1. The fourth-order valence-corrected chi connectivity index (χ4v) is 5.71. The number of phosphoric ester groups is 1. The lowest BCUT2D eigenvalue weighted by molar-refractivity contribution is 0.160. The molecule has 10 nitrogen and oxygen atoms in total. The Balaban J connectivity index is 1.55. The molecule has 39 heavy (non-hydrogen) atoms. The predicted octanol–water partition coefficient (Wildman–Crippen LogP) is 6.31. The van der Waals surface area contributed by atoms with Gasteiger partial charge < -0.3 is 20.3 Å². The Morgan fingerprint density at radius 3 is 2.46 bits per heavy atom. The van der Waals surface area contributed by atoms with Gasteiger partial charge in [-0.15, -0.1) is 11.3 Å². The number of nitrogen functional groups attached to an aromatic ring is 1. The van der Waals surface area contributed by atoms with E-state index in [4.69, 9.17) is 38.4 Å². The second-order valence-corrected chi connectivity index (χ2v) is 11.3. The van der Waals surface area contributed by atoms with Crippen molar-refractivity contribution in [1.29, 1.82) is 5.26 Å². The van der Waals surface area contributed by atoms with Crippen LogP contribution in [0.15, 0.2) is 58.9 Å². The van der Waals surface area contributed by atoms with E-state index < -0.39 is 7.82 Å². The van der Waals surface area contributed by atoms with E-state index in [2.05, 4.69) is 25.4 Å². The quantitative estimate of drug-likeness (QED) is 0.0816. The molecule has 0 aliphatic carbocycles. The number of thiazole rings is 1. The van der Waals surface area contributed by atoms with Crippen LogP contribution in [0.2, 0.25) is 5.02 Å². The lowest BCUT2D eigenvalue weighted by atomic mass is 10.00. The highest BCUT2D eigenvalue weighted by Crippen LogP contribution is 2.42. The van der Waals surface area contributed by atoms with Crippen molar-refractivity contribution in [3.8, 4) is 33.5 Å². The molecule has 0 fully saturated rings. The number of nitriles is 1. The summed E-state index contributed by atoms with van der Waals surface area (Å²) in [6.07, 6.45) is 0. The molecule has 0 spiro atoms. The van der Waals surface area contributed by atoms with E-state index in [1.54, 1.807) is 36.4 Å². The first-order valence-electron chi connectivity index (χ1n) is 11.1. The maximum Gasteiger partial charge on any atom is 0.469 e. The molecule has 0 saturated heterocycles. The molecule has 0 saturated carbocycles. The molecule has 2 aromatic carbocycles. The van der Waals surface area contributed by atoms with E-state index in [1.165, 1.54) is 23.1 Å². The SMILES string of the molecule is [C-]#[N+]c1c(N)nc(SCc2csc(-c3ccc(Cl)cc3)n2)c(C#N)c1-c1ccc(OCCOP(=O)(O)O)cc1. The Kier molecular flexibility index (Phi) is 9.23. The summed E-state index contributed by atoms with van der Waals surface area (Å²) in [7, 11) is -4.57. The second kappa shape index (κ2) is 12.6. The van der Waals surface area contributed by atoms with Crippen LogP contribution in [-0.2, 0) is 14.8 Å². The summed E-state index contributed by atoms with van der Waals surface area (Å²) < 4.78 is 20.5. The molecule has 0 unspecified atom stereocenters. The Morgan fingerprint density at radius 2 is 1.82 bits per heavy atom.